The molecule has 1 heteroatoms. The summed E-state index contributed by atoms with van der Waals surface area (Å²) in [5.41, 5.74) is 1.39. The maximum atomic E-state index is 2.59. The van der Waals surface area contributed by atoms with Crippen LogP contribution in [-0.2, 0) is 0 Å². The smallest absolute Gasteiger partial charge is 0.0480 e. The van der Waals surface area contributed by atoms with Crippen LogP contribution in [0.1, 0.15) is 25.7 Å². The molecule has 0 aromatic heterocycles. The highest BCUT2D eigenvalue weighted by atomic mass is 15.2. The van der Waals surface area contributed by atoms with Gasteiger partial charge in [0.25, 0.3) is 0 Å². The fourth-order valence-corrected chi connectivity index (χ4v) is 2.85. The minimum absolute atomic E-state index is 0.653. The van der Waals surface area contributed by atoms with Crippen molar-refractivity contribution >= 4 is 5.69 Å². The van der Waals surface area contributed by atoms with Crippen molar-refractivity contribution in [3.63, 3.8) is 0 Å². The Labute approximate surface area is 91.4 Å². The first-order valence-corrected chi connectivity index (χ1v) is 5.97. The van der Waals surface area contributed by atoms with Gasteiger partial charge in [-0.05, 0) is 25.0 Å². The van der Waals surface area contributed by atoms with Gasteiger partial charge in [0.1, 0.15) is 0 Å². The normalized spacial score (nSPS) is 29.2. The van der Waals surface area contributed by atoms with Gasteiger partial charge >= 0.3 is 0 Å². The van der Waals surface area contributed by atoms with Crippen LogP contribution in [0.25, 0.3) is 0 Å². The van der Waals surface area contributed by atoms with Gasteiger partial charge in [-0.15, -0.1) is 0 Å². The first-order chi connectivity index (χ1) is 7.45. The third kappa shape index (κ3) is 1.56. The standard InChI is InChI=1S/C14H17N/c1-2-6-12(7-3-1)15-13-8-4-5-9-14(15)11-10-13/h1-3,6-7,10-11,13-14H,4-5,8-9H2. The van der Waals surface area contributed by atoms with Crippen LogP contribution in [0.3, 0.4) is 0 Å². The molecular formula is C14H17N. The molecule has 78 valence electrons. The Kier molecular flexibility index (Phi) is 2.24. The summed E-state index contributed by atoms with van der Waals surface area (Å²) in [6, 6.07) is 12.1. The largest absolute Gasteiger partial charge is 0.359 e. The van der Waals surface area contributed by atoms with E-state index in [0.717, 1.165) is 0 Å². The molecule has 1 fully saturated rings. The lowest BCUT2D eigenvalue weighted by Gasteiger charge is -2.30. The topological polar surface area (TPSA) is 3.24 Å². The molecule has 1 aromatic carbocycles. The summed E-state index contributed by atoms with van der Waals surface area (Å²) in [5.74, 6) is 0. The van der Waals surface area contributed by atoms with Crippen molar-refractivity contribution in [1.82, 2.24) is 0 Å². The zero-order valence-electron chi connectivity index (χ0n) is 8.97. The van der Waals surface area contributed by atoms with Crippen LogP contribution in [0.15, 0.2) is 42.5 Å². The maximum Gasteiger partial charge on any atom is 0.0480 e. The minimum atomic E-state index is 0.653. The quantitative estimate of drug-likeness (QED) is 0.627. The van der Waals surface area contributed by atoms with E-state index < -0.39 is 0 Å². The maximum absolute atomic E-state index is 2.59. The molecule has 1 saturated heterocycles. The van der Waals surface area contributed by atoms with Crippen molar-refractivity contribution in [1.29, 1.82) is 0 Å². The van der Waals surface area contributed by atoms with Gasteiger partial charge in [0.15, 0.2) is 0 Å². The molecule has 2 unspecified atom stereocenters. The minimum Gasteiger partial charge on any atom is -0.359 e. The summed E-state index contributed by atoms with van der Waals surface area (Å²) in [6.45, 7) is 0. The highest BCUT2D eigenvalue weighted by Crippen LogP contribution is 2.33. The van der Waals surface area contributed by atoms with E-state index in [1.54, 1.807) is 0 Å². The number of anilines is 1. The van der Waals surface area contributed by atoms with E-state index in [1.165, 1.54) is 31.4 Å². The molecule has 2 aliphatic rings. The van der Waals surface area contributed by atoms with Crippen molar-refractivity contribution in [2.24, 2.45) is 0 Å². The van der Waals surface area contributed by atoms with E-state index in [2.05, 4.69) is 47.4 Å². The molecule has 3 rings (SSSR count). The zero-order chi connectivity index (χ0) is 10.1. The third-order valence-electron chi connectivity index (χ3n) is 3.57. The van der Waals surface area contributed by atoms with Crippen LogP contribution in [0.4, 0.5) is 5.69 Å². The molecule has 0 radical (unpaired) electrons. The first-order valence-electron chi connectivity index (χ1n) is 5.97. The van der Waals surface area contributed by atoms with Crippen LogP contribution in [0.2, 0.25) is 0 Å². The molecule has 2 aliphatic heterocycles. The number of fused-ring (bicyclic) bond motifs is 2. The van der Waals surface area contributed by atoms with E-state index in [1.807, 2.05) is 0 Å². The van der Waals surface area contributed by atoms with Crippen molar-refractivity contribution in [2.45, 2.75) is 37.8 Å². The van der Waals surface area contributed by atoms with Gasteiger partial charge in [-0.25, -0.2) is 0 Å². The first kappa shape index (κ1) is 9.02. The number of rotatable bonds is 1. The average molecular weight is 199 g/mol. The number of para-hydroxylation sites is 1. The van der Waals surface area contributed by atoms with E-state index >= 15 is 0 Å². The summed E-state index contributed by atoms with van der Waals surface area (Å²) < 4.78 is 0. The van der Waals surface area contributed by atoms with Crippen molar-refractivity contribution in [2.75, 3.05) is 4.90 Å². The summed E-state index contributed by atoms with van der Waals surface area (Å²) in [5, 5.41) is 0. The van der Waals surface area contributed by atoms with E-state index in [-0.39, 0.29) is 0 Å². The SMILES string of the molecule is C1=CC2CCCCC1N2c1ccccc1. The van der Waals surface area contributed by atoms with E-state index in [9.17, 15) is 0 Å². The Balaban J connectivity index is 1.93. The van der Waals surface area contributed by atoms with Crippen LogP contribution < -0.4 is 4.90 Å². The molecule has 0 amide bonds. The molecule has 0 aliphatic carbocycles. The molecular weight excluding hydrogens is 182 g/mol. The number of benzene rings is 1. The molecule has 2 atom stereocenters. The number of nitrogens with zero attached hydrogens (tertiary/aromatic N) is 1. The Bertz CT molecular complexity index is 339. The highest BCUT2D eigenvalue weighted by Gasteiger charge is 2.30. The Hall–Kier alpha value is -1.24. The van der Waals surface area contributed by atoms with Crippen LogP contribution in [0.5, 0.6) is 0 Å². The van der Waals surface area contributed by atoms with Gasteiger partial charge in [0.05, 0.1) is 0 Å². The second-order valence-corrected chi connectivity index (χ2v) is 4.55. The van der Waals surface area contributed by atoms with Gasteiger partial charge in [0.2, 0.25) is 0 Å². The molecule has 0 spiro atoms. The fourth-order valence-electron chi connectivity index (χ4n) is 2.85. The predicted octanol–water partition coefficient (Wildman–Crippen LogP) is 3.37. The average Bonchev–Trinajstić information content (AvgIpc) is 2.53. The van der Waals surface area contributed by atoms with Gasteiger partial charge in [-0.1, -0.05) is 43.2 Å². The van der Waals surface area contributed by atoms with Crippen molar-refractivity contribution in [3.8, 4) is 0 Å². The van der Waals surface area contributed by atoms with E-state index in [4.69, 9.17) is 0 Å². The van der Waals surface area contributed by atoms with Crippen LogP contribution in [0, 0.1) is 0 Å². The lowest BCUT2D eigenvalue weighted by molar-refractivity contribution is 0.667. The van der Waals surface area contributed by atoms with E-state index in [0.29, 0.717) is 12.1 Å². The predicted molar refractivity (Wildman–Crippen MR) is 64.1 cm³/mol. The lowest BCUT2D eigenvalue weighted by atomic mass is 10.1. The monoisotopic (exact) mass is 199 g/mol. The van der Waals surface area contributed by atoms with Gasteiger partial charge in [-0.2, -0.15) is 0 Å². The molecule has 15 heavy (non-hydrogen) atoms. The third-order valence-corrected chi connectivity index (χ3v) is 3.57. The zero-order valence-corrected chi connectivity index (χ0v) is 8.97. The fraction of sp³-hybridized carbons (Fsp3) is 0.429. The molecule has 0 saturated carbocycles. The Morgan fingerprint density at radius 3 is 2.07 bits per heavy atom. The second kappa shape index (κ2) is 3.73. The second-order valence-electron chi connectivity index (χ2n) is 4.55. The van der Waals surface area contributed by atoms with Crippen LogP contribution in [-0.4, -0.2) is 12.1 Å². The summed E-state index contributed by atoms with van der Waals surface area (Å²) in [7, 11) is 0. The summed E-state index contributed by atoms with van der Waals surface area (Å²) in [6.07, 6.45) is 10.2. The van der Waals surface area contributed by atoms with Crippen molar-refractivity contribution < 1.29 is 0 Å². The molecule has 1 nitrogen and oxygen atoms in total. The molecule has 0 N–H and O–H groups in total. The summed E-state index contributed by atoms with van der Waals surface area (Å²) >= 11 is 0. The van der Waals surface area contributed by atoms with Gasteiger partial charge in [0, 0.05) is 17.8 Å². The van der Waals surface area contributed by atoms with Crippen LogP contribution >= 0.6 is 0 Å². The Morgan fingerprint density at radius 1 is 0.867 bits per heavy atom. The Morgan fingerprint density at radius 2 is 1.47 bits per heavy atom. The molecule has 2 heterocycles. The van der Waals surface area contributed by atoms with Gasteiger partial charge in [-0.3, -0.25) is 0 Å². The molecule has 2 bridgehead atoms. The lowest BCUT2D eigenvalue weighted by Crippen LogP contribution is -2.35. The summed E-state index contributed by atoms with van der Waals surface area (Å²) in [4.78, 5) is 2.59. The van der Waals surface area contributed by atoms with Gasteiger partial charge < -0.3 is 4.90 Å². The number of hydrogen-bond donors (Lipinski definition) is 0. The number of hydrogen-bond acceptors (Lipinski definition) is 1. The molecule has 1 aromatic rings. The highest BCUT2D eigenvalue weighted by molar-refractivity contribution is 5.52. The van der Waals surface area contributed by atoms with Crippen molar-refractivity contribution in [3.05, 3.63) is 42.5 Å².